The summed E-state index contributed by atoms with van der Waals surface area (Å²) in [5.41, 5.74) is 0.455. The van der Waals surface area contributed by atoms with E-state index in [1.54, 1.807) is 0 Å². The van der Waals surface area contributed by atoms with E-state index in [1.165, 1.54) is 0 Å². The fourth-order valence-electron chi connectivity index (χ4n) is 2.13. The van der Waals surface area contributed by atoms with Gasteiger partial charge in [-0.15, -0.1) is 0 Å². The van der Waals surface area contributed by atoms with Gasteiger partial charge in [-0.25, -0.2) is 4.98 Å². The van der Waals surface area contributed by atoms with Crippen LogP contribution in [0.3, 0.4) is 0 Å². The lowest BCUT2D eigenvalue weighted by atomic mass is 10.1. The van der Waals surface area contributed by atoms with Crippen molar-refractivity contribution in [2.45, 2.75) is 39.0 Å². The molecule has 5 nitrogen and oxygen atoms in total. The molecule has 0 aliphatic rings. The molecule has 0 aliphatic carbocycles. The van der Waals surface area contributed by atoms with Crippen LogP contribution in [0.2, 0.25) is 0 Å². The second-order valence-electron chi connectivity index (χ2n) is 5.42. The van der Waals surface area contributed by atoms with Gasteiger partial charge in [0.1, 0.15) is 0 Å². The summed E-state index contributed by atoms with van der Waals surface area (Å²) >= 11 is 0. The summed E-state index contributed by atoms with van der Waals surface area (Å²) in [5, 5.41) is 13.5. The molecular weight excluding hydrogens is 228 g/mol. The molecule has 18 heavy (non-hydrogen) atoms. The van der Waals surface area contributed by atoms with Gasteiger partial charge >= 0.3 is 0 Å². The molecular formula is C13H26N4O. The standard InChI is InChI=1S/C13H26N4O/c1-5-6-17-11-15-8-12(17)7-14-9-13(2,18)10-16(3)4/h8,11,14,18H,5-7,9-10H2,1-4H3. The Balaban J connectivity index is 2.39. The molecule has 0 aliphatic heterocycles. The highest BCUT2D eigenvalue weighted by Gasteiger charge is 2.20. The summed E-state index contributed by atoms with van der Waals surface area (Å²) < 4.78 is 2.15. The van der Waals surface area contributed by atoms with Gasteiger partial charge in [0, 0.05) is 32.4 Å². The lowest BCUT2D eigenvalue weighted by Crippen LogP contribution is -2.45. The molecule has 0 bridgehead atoms. The normalized spacial score (nSPS) is 15.0. The first kappa shape index (κ1) is 15.1. The van der Waals surface area contributed by atoms with Crippen molar-refractivity contribution >= 4 is 0 Å². The predicted molar refractivity (Wildman–Crippen MR) is 73.4 cm³/mol. The monoisotopic (exact) mass is 254 g/mol. The van der Waals surface area contributed by atoms with E-state index in [4.69, 9.17) is 0 Å². The van der Waals surface area contributed by atoms with Crippen LogP contribution in [0.25, 0.3) is 0 Å². The van der Waals surface area contributed by atoms with Crippen LogP contribution in [-0.2, 0) is 13.1 Å². The lowest BCUT2D eigenvalue weighted by molar-refractivity contribution is 0.0334. The average molecular weight is 254 g/mol. The van der Waals surface area contributed by atoms with Crippen molar-refractivity contribution in [2.75, 3.05) is 27.2 Å². The quantitative estimate of drug-likeness (QED) is 0.717. The smallest absolute Gasteiger partial charge is 0.0948 e. The van der Waals surface area contributed by atoms with Crippen LogP contribution >= 0.6 is 0 Å². The first-order valence-electron chi connectivity index (χ1n) is 6.51. The van der Waals surface area contributed by atoms with Gasteiger partial charge < -0.3 is 19.9 Å². The summed E-state index contributed by atoms with van der Waals surface area (Å²) in [5.74, 6) is 0. The van der Waals surface area contributed by atoms with Gasteiger partial charge in [0.25, 0.3) is 0 Å². The van der Waals surface area contributed by atoms with Gasteiger partial charge in [-0.2, -0.15) is 0 Å². The van der Waals surface area contributed by atoms with E-state index in [0.29, 0.717) is 13.1 Å². The maximum atomic E-state index is 10.2. The summed E-state index contributed by atoms with van der Waals surface area (Å²) in [6.07, 6.45) is 4.84. The van der Waals surface area contributed by atoms with E-state index in [-0.39, 0.29) is 0 Å². The number of nitrogens with zero attached hydrogens (tertiary/aromatic N) is 3. The zero-order chi connectivity index (χ0) is 13.6. The van der Waals surface area contributed by atoms with Crippen LogP contribution in [0.15, 0.2) is 12.5 Å². The molecule has 104 valence electrons. The SMILES string of the molecule is CCCn1cncc1CNCC(C)(O)CN(C)C. The number of hydrogen-bond acceptors (Lipinski definition) is 4. The third-order valence-electron chi connectivity index (χ3n) is 2.73. The first-order valence-corrected chi connectivity index (χ1v) is 6.51. The van der Waals surface area contributed by atoms with E-state index in [2.05, 4.69) is 21.8 Å². The van der Waals surface area contributed by atoms with Crippen LogP contribution in [-0.4, -0.2) is 52.3 Å². The third-order valence-corrected chi connectivity index (χ3v) is 2.73. The molecule has 0 fully saturated rings. The molecule has 0 saturated heterocycles. The molecule has 0 radical (unpaired) electrons. The van der Waals surface area contributed by atoms with E-state index in [0.717, 1.165) is 25.2 Å². The summed E-state index contributed by atoms with van der Waals surface area (Å²) in [6, 6.07) is 0. The van der Waals surface area contributed by atoms with E-state index < -0.39 is 5.60 Å². The molecule has 1 aromatic heterocycles. The van der Waals surface area contributed by atoms with Crippen LogP contribution in [0.4, 0.5) is 0 Å². The minimum absolute atomic E-state index is 0.572. The largest absolute Gasteiger partial charge is 0.388 e. The molecule has 0 aromatic carbocycles. The lowest BCUT2D eigenvalue weighted by Gasteiger charge is -2.27. The van der Waals surface area contributed by atoms with Gasteiger partial charge in [0.05, 0.1) is 17.6 Å². The van der Waals surface area contributed by atoms with E-state index in [1.807, 2.05) is 38.4 Å². The maximum absolute atomic E-state index is 10.2. The zero-order valence-corrected chi connectivity index (χ0v) is 12.0. The number of likely N-dealkylation sites (N-methyl/N-ethyl adjacent to an activating group) is 1. The Kier molecular flexibility index (Phi) is 5.78. The Hall–Kier alpha value is -0.910. The molecule has 0 amide bonds. The van der Waals surface area contributed by atoms with Crippen molar-refractivity contribution in [2.24, 2.45) is 0 Å². The van der Waals surface area contributed by atoms with Crippen LogP contribution in [0.1, 0.15) is 26.0 Å². The maximum Gasteiger partial charge on any atom is 0.0948 e. The zero-order valence-electron chi connectivity index (χ0n) is 12.0. The second-order valence-corrected chi connectivity index (χ2v) is 5.42. The average Bonchev–Trinajstić information content (AvgIpc) is 2.64. The second kappa shape index (κ2) is 6.87. The number of hydrogen-bond donors (Lipinski definition) is 2. The van der Waals surface area contributed by atoms with Crippen LogP contribution in [0, 0.1) is 0 Å². The van der Waals surface area contributed by atoms with Crippen molar-refractivity contribution in [1.29, 1.82) is 0 Å². The highest BCUT2D eigenvalue weighted by atomic mass is 16.3. The van der Waals surface area contributed by atoms with Crippen molar-refractivity contribution in [3.8, 4) is 0 Å². The summed E-state index contributed by atoms with van der Waals surface area (Å²) in [4.78, 5) is 6.15. The Bertz CT molecular complexity index is 347. The number of aromatic nitrogens is 2. The number of imidazole rings is 1. The van der Waals surface area contributed by atoms with Crippen molar-refractivity contribution in [3.63, 3.8) is 0 Å². The topological polar surface area (TPSA) is 53.3 Å². The van der Waals surface area contributed by atoms with E-state index >= 15 is 0 Å². The molecule has 1 unspecified atom stereocenters. The number of aliphatic hydroxyl groups is 1. The highest BCUT2D eigenvalue weighted by Crippen LogP contribution is 2.04. The molecule has 1 rings (SSSR count). The minimum atomic E-state index is -0.709. The molecule has 1 heterocycles. The Morgan fingerprint density at radius 3 is 2.83 bits per heavy atom. The van der Waals surface area contributed by atoms with E-state index in [9.17, 15) is 5.11 Å². The molecule has 0 saturated carbocycles. The predicted octanol–water partition coefficient (Wildman–Crippen LogP) is 0.695. The van der Waals surface area contributed by atoms with Gasteiger partial charge in [0.15, 0.2) is 0 Å². The Labute approximate surface area is 110 Å². The highest BCUT2D eigenvalue weighted by molar-refractivity contribution is 4.98. The van der Waals surface area contributed by atoms with Gasteiger partial charge in [-0.05, 0) is 27.4 Å². The molecule has 1 atom stereocenters. The van der Waals surface area contributed by atoms with Gasteiger partial charge in [0.2, 0.25) is 0 Å². The molecule has 0 spiro atoms. The fraction of sp³-hybridized carbons (Fsp3) is 0.769. The van der Waals surface area contributed by atoms with Gasteiger partial charge in [-0.3, -0.25) is 0 Å². The van der Waals surface area contributed by atoms with Crippen LogP contribution in [0.5, 0.6) is 0 Å². The van der Waals surface area contributed by atoms with Crippen LogP contribution < -0.4 is 5.32 Å². The number of nitrogens with one attached hydrogen (secondary N) is 1. The first-order chi connectivity index (χ1) is 8.44. The fourth-order valence-corrected chi connectivity index (χ4v) is 2.13. The van der Waals surface area contributed by atoms with Gasteiger partial charge in [-0.1, -0.05) is 6.92 Å². The Morgan fingerprint density at radius 1 is 1.50 bits per heavy atom. The molecule has 1 aromatic rings. The molecule has 2 N–H and O–H groups in total. The van der Waals surface area contributed by atoms with Crippen molar-refractivity contribution in [3.05, 3.63) is 18.2 Å². The van der Waals surface area contributed by atoms with Crippen molar-refractivity contribution in [1.82, 2.24) is 19.8 Å². The summed E-state index contributed by atoms with van der Waals surface area (Å²) in [7, 11) is 3.93. The number of rotatable bonds is 8. The minimum Gasteiger partial charge on any atom is -0.388 e. The van der Waals surface area contributed by atoms with Crippen molar-refractivity contribution < 1.29 is 5.11 Å². The summed E-state index contributed by atoms with van der Waals surface area (Å²) in [6.45, 7) is 6.95. The third kappa shape index (κ3) is 5.16. The molecule has 5 heteroatoms. The number of aryl methyl sites for hydroxylation is 1. The Morgan fingerprint density at radius 2 is 2.22 bits per heavy atom.